The molecule has 0 amide bonds. The summed E-state index contributed by atoms with van der Waals surface area (Å²) >= 11 is 0. The standard InChI is InChI=1S/C14H29N3/c1-3-17-8-6-14(11-15,7-9-17)16-10-12(2)13-4-5-13/h12-13,16H,3-11,15H2,1-2H3. The minimum atomic E-state index is 0.231. The van der Waals surface area contributed by atoms with Crippen LogP contribution in [0.4, 0.5) is 0 Å². The van der Waals surface area contributed by atoms with Crippen LogP contribution in [0.5, 0.6) is 0 Å². The Kier molecular flexibility index (Phi) is 4.45. The Labute approximate surface area is 106 Å². The molecule has 1 aliphatic heterocycles. The summed E-state index contributed by atoms with van der Waals surface area (Å²) in [5.74, 6) is 1.83. The first-order chi connectivity index (χ1) is 8.19. The molecule has 0 aromatic carbocycles. The smallest absolute Gasteiger partial charge is 0.0328 e. The summed E-state index contributed by atoms with van der Waals surface area (Å²) in [7, 11) is 0. The average molecular weight is 239 g/mol. The van der Waals surface area contributed by atoms with Gasteiger partial charge in [-0.25, -0.2) is 0 Å². The van der Waals surface area contributed by atoms with E-state index in [1.165, 1.54) is 45.3 Å². The van der Waals surface area contributed by atoms with Crippen LogP contribution in [0.2, 0.25) is 0 Å². The lowest BCUT2D eigenvalue weighted by atomic mass is 9.86. The molecule has 0 bridgehead atoms. The fourth-order valence-corrected chi connectivity index (χ4v) is 2.96. The van der Waals surface area contributed by atoms with E-state index in [1.54, 1.807) is 0 Å². The van der Waals surface area contributed by atoms with Crippen LogP contribution < -0.4 is 11.1 Å². The monoisotopic (exact) mass is 239 g/mol. The highest BCUT2D eigenvalue weighted by atomic mass is 15.2. The molecule has 2 fully saturated rings. The maximum Gasteiger partial charge on any atom is 0.0328 e. The molecule has 1 aliphatic carbocycles. The van der Waals surface area contributed by atoms with Crippen LogP contribution in [0.15, 0.2) is 0 Å². The van der Waals surface area contributed by atoms with Gasteiger partial charge in [0.1, 0.15) is 0 Å². The molecule has 0 spiro atoms. The number of piperidine rings is 1. The fourth-order valence-electron chi connectivity index (χ4n) is 2.96. The van der Waals surface area contributed by atoms with Crippen LogP contribution in [0.25, 0.3) is 0 Å². The quantitative estimate of drug-likeness (QED) is 0.737. The first kappa shape index (κ1) is 13.3. The minimum Gasteiger partial charge on any atom is -0.329 e. The van der Waals surface area contributed by atoms with E-state index >= 15 is 0 Å². The Morgan fingerprint density at radius 3 is 2.47 bits per heavy atom. The van der Waals surface area contributed by atoms with E-state index in [9.17, 15) is 0 Å². The number of rotatable bonds is 6. The summed E-state index contributed by atoms with van der Waals surface area (Å²) in [5, 5.41) is 3.80. The maximum atomic E-state index is 6.02. The number of hydrogen-bond donors (Lipinski definition) is 2. The zero-order valence-corrected chi connectivity index (χ0v) is 11.5. The molecule has 0 radical (unpaired) electrons. The molecule has 2 rings (SSSR count). The van der Waals surface area contributed by atoms with Gasteiger partial charge in [0.25, 0.3) is 0 Å². The zero-order chi connectivity index (χ0) is 12.3. The number of likely N-dealkylation sites (tertiary alicyclic amines) is 1. The Bertz CT molecular complexity index is 230. The van der Waals surface area contributed by atoms with Gasteiger partial charge in [0.05, 0.1) is 0 Å². The highest BCUT2D eigenvalue weighted by molar-refractivity contribution is 4.95. The summed E-state index contributed by atoms with van der Waals surface area (Å²) in [5.41, 5.74) is 6.25. The molecule has 1 saturated carbocycles. The van der Waals surface area contributed by atoms with Crippen LogP contribution in [0, 0.1) is 11.8 Å². The van der Waals surface area contributed by atoms with Gasteiger partial charge >= 0.3 is 0 Å². The third kappa shape index (κ3) is 3.43. The van der Waals surface area contributed by atoms with Crippen LogP contribution in [0.3, 0.4) is 0 Å². The van der Waals surface area contributed by atoms with Gasteiger partial charge in [0, 0.05) is 12.1 Å². The molecule has 0 aromatic rings. The molecule has 100 valence electrons. The lowest BCUT2D eigenvalue weighted by Gasteiger charge is -2.42. The lowest BCUT2D eigenvalue weighted by Crippen LogP contribution is -2.58. The first-order valence-electron chi connectivity index (χ1n) is 7.36. The molecule has 1 heterocycles. The Balaban J connectivity index is 1.78. The summed E-state index contributed by atoms with van der Waals surface area (Å²) in [4.78, 5) is 2.53. The van der Waals surface area contributed by atoms with Gasteiger partial charge in [0.15, 0.2) is 0 Å². The molecule has 3 heteroatoms. The van der Waals surface area contributed by atoms with E-state index < -0.39 is 0 Å². The average Bonchev–Trinajstić information content (AvgIpc) is 3.21. The molecule has 3 nitrogen and oxygen atoms in total. The van der Waals surface area contributed by atoms with Crippen molar-refractivity contribution < 1.29 is 0 Å². The van der Waals surface area contributed by atoms with Crippen LogP contribution >= 0.6 is 0 Å². The third-order valence-electron chi connectivity index (χ3n) is 4.88. The Hall–Kier alpha value is -0.120. The molecule has 0 aromatic heterocycles. The van der Waals surface area contributed by atoms with Crippen molar-refractivity contribution in [2.45, 2.75) is 45.1 Å². The van der Waals surface area contributed by atoms with E-state index in [4.69, 9.17) is 5.73 Å². The van der Waals surface area contributed by atoms with Crippen LogP contribution in [-0.4, -0.2) is 43.2 Å². The summed E-state index contributed by atoms with van der Waals surface area (Å²) in [6.07, 6.45) is 5.33. The number of nitrogens with one attached hydrogen (secondary N) is 1. The topological polar surface area (TPSA) is 41.3 Å². The highest BCUT2D eigenvalue weighted by Gasteiger charge is 2.34. The van der Waals surface area contributed by atoms with Gasteiger partial charge in [0.2, 0.25) is 0 Å². The normalized spacial score (nSPS) is 27.0. The molecule has 17 heavy (non-hydrogen) atoms. The van der Waals surface area contributed by atoms with Gasteiger partial charge in [-0.1, -0.05) is 13.8 Å². The third-order valence-corrected chi connectivity index (χ3v) is 4.88. The maximum absolute atomic E-state index is 6.02. The van der Waals surface area contributed by atoms with Crippen molar-refractivity contribution in [1.82, 2.24) is 10.2 Å². The molecular formula is C14H29N3. The molecule has 3 N–H and O–H groups in total. The number of nitrogens with two attached hydrogens (primary N) is 1. The Morgan fingerprint density at radius 2 is 2.00 bits per heavy atom. The molecule has 1 unspecified atom stereocenters. The summed E-state index contributed by atoms with van der Waals surface area (Å²) < 4.78 is 0. The van der Waals surface area contributed by atoms with E-state index in [-0.39, 0.29) is 5.54 Å². The Morgan fingerprint density at radius 1 is 1.35 bits per heavy atom. The molecular weight excluding hydrogens is 210 g/mol. The van der Waals surface area contributed by atoms with Crippen molar-refractivity contribution in [2.24, 2.45) is 17.6 Å². The van der Waals surface area contributed by atoms with Gasteiger partial charge in [-0.2, -0.15) is 0 Å². The second-order valence-corrected chi connectivity index (χ2v) is 6.11. The SMILES string of the molecule is CCN1CCC(CN)(NCC(C)C2CC2)CC1. The van der Waals surface area contributed by atoms with E-state index in [1.807, 2.05) is 0 Å². The zero-order valence-electron chi connectivity index (χ0n) is 11.5. The minimum absolute atomic E-state index is 0.231. The van der Waals surface area contributed by atoms with Crippen molar-refractivity contribution in [3.8, 4) is 0 Å². The largest absolute Gasteiger partial charge is 0.329 e. The lowest BCUT2D eigenvalue weighted by molar-refractivity contribution is 0.139. The van der Waals surface area contributed by atoms with Crippen LogP contribution in [0.1, 0.15) is 39.5 Å². The van der Waals surface area contributed by atoms with Gasteiger partial charge < -0.3 is 16.0 Å². The van der Waals surface area contributed by atoms with E-state index in [0.29, 0.717) is 0 Å². The molecule has 2 aliphatic rings. The molecule has 1 saturated heterocycles. The van der Waals surface area contributed by atoms with E-state index in [2.05, 4.69) is 24.1 Å². The van der Waals surface area contributed by atoms with Crippen LogP contribution in [-0.2, 0) is 0 Å². The van der Waals surface area contributed by atoms with Crippen molar-refractivity contribution >= 4 is 0 Å². The highest BCUT2D eigenvalue weighted by Crippen LogP contribution is 2.36. The predicted octanol–water partition coefficient (Wildman–Crippen LogP) is 1.44. The van der Waals surface area contributed by atoms with Gasteiger partial charge in [-0.15, -0.1) is 0 Å². The van der Waals surface area contributed by atoms with Crippen molar-refractivity contribution in [1.29, 1.82) is 0 Å². The number of hydrogen-bond acceptors (Lipinski definition) is 3. The second-order valence-electron chi connectivity index (χ2n) is 6.11. The van der Waals surface area contributed by atoms with Crippen molar-refractivity contribution in [3.05, 3.63) is 0 Å². The van der Waals surface area contributed by atoms with E-state index in [0.717, 1.165) is 24.9 Å². The van der Waals surface area contributed by atoms with Crippen molar-refractivity contribution in [2.75, 3.05) is 32.7 Å². The fraction of sp³-hybridized carbons (Fsp3) is 1.00. The summed E-state index contributed by atoms with van der Waals surface area (Å²) in [6.45, 7) is 10.2. The predicted molar refractivity (Wildman–Crippen MR) is 73.0 cm³/mol. The van der Waals surface area contributed by atoms with Gasteiger partial charge in [-0.05, 0) is 63.7 Å². The first-order valence-corrected chi connectivity index (χ1v) is 7.36. The number of nitrogens with zero attached hydrogens (tertiary/aromatic N) is 1. The summed E-state index contributed by atoms with van der Waals surface area (Å²) in [6, 6.07) is 0. The second kappa shape index (κ2) is 5.68. The van der Waals surface area contributed by atoms with Gasteiger partial charge in [-0.3, -0.25) is 0 Å². The molecule has 1 atom stereocenters. The van der Waals surface area contributed by atoms with Crippen molar-refractivity contribution in [3.63, 3.8) is 0 Å².